The van der Waals surface area contributed by atoms with Gasteiger partial charge in [-0.15, -0.1) is 24.0 Å². The molecule has 0 aromatic rings. The van der Waals surface area contributed by atoms with Gasteiger partial charge in [0.15, 0.2) is 5.96 Å². The molecule has 1 unspecified atom stereocenters. The molecule has 1 aliphatic rings. The minimum absolute atomic E-state index is 0. The quantitative estimate of drug-likeness (QED) is 0.297. The number of aliphatic imine (C=N–C) groups is 1. The summed E-state index contributed by atoms with van der Waals surface area (Å²) in [6.07, 6.45) is 4.35. The van der Waals surface area contributed by atoms with Crippen molar-refractivity contribution < 1.29 is 8.42 Å². The first-order chi connectivity index (χ1) is 9.34. The molecule has 21 heavy (non-hydrogen) atoms. The first-order valence-electron chi connectivity index (χ1n) is 7.34. The lowest BCUT2D eigenvalue weighted by atomic mass is 10.0. The van der Waals surface area contributed by atoms with Gasteiger partial charge in [0.25, 0.3) is 0 Å². The van der Waals surface area contributed by atoms with Crippen molar-refractivity contribution in [2.75, 3.05) is 39.0 Å². The first-order valence-corrected chi connectivity index (χ1v) is 9.19. The normalized spacial score (nSPS) is 20.5. The molecule has 0 bridgehead atoms. The van der Waals surface area contributed by atoms with Crippen molar-refractivity contribution in [1.82, 2.24) is 9.21 Å². The smallest absolute Gasteiger partial charge is 0.211 e. The third-order valence-corrected chi connectivity index (χ3v) is 5.02. The van der Waals surface area contributed by atoms with E-state index in [4.69, 9.17) is 5.73 Å². The number of nitrogens with two attached hydrogens (primary N) is 1. The lowest BCUT2D eigenvalue weighted by Crippen LogP contribution is -2.43. The zero-order valence-corrected chi connectivity index (χ0v) is 16.4. The van der Waals surface area contributed by atoms with Gasteiger partial charge in [-0.3, -0.25) is 4.99 Å². The van der Waals surface area contributed by atoms with Gasteiger partial charge in [0, 0.05) is 32.7 Å². The zero-order valence-electron chi connectivity index (χ0n) is 13.3. The standard InChI is InChI=1S/C13H28N4O2S.HI/c1-4-17(20(3,18)19)10-6-8-15-13(14)16-9-5-7-12(2)11-16;/h12H,4-11H2,1-3H3,(H2,14,15);1H. The number of halogens is 1. The van der Waals surface area contributed by atoms with Crippen LogP contribution in [0.4, 0.5) is 0 Å². The van der Waals surface area contributed by atoms with Gasteiger partial charge in [-0.1, -0.05) is 13.8 Å². The molecule has 8 heteroatoms. The Morgan fingerprint density at radius 3 is 2.67 bits per heavy atom. The summed E-state index contributed by atoms with van der Waals surface area (Å²) in [7, 11) is -3.10. The fourth-order valence-electron chi connectivity index (χ4n) is 2.50. The van der Waals surface area contributed by atoms with Crippen LogP contribution in [0.1, 0.15) is 33.1 Å². The molecule has 0 spiro atoms. The molecule has 0 amide bonds. The highest BCUT2D eigenvalue weighted by molar-refractivity contribution is 14.0. The van der Waals surface area contributed by atoms with Crippen LogP contribution in [0.2, 0.25) is 0 Å². The highest BCUT2D eigenvalue weighted by atomic mass is 127. The Hall–Kier alpha value is -0.0900. The van der Waals surface area contributed by atoms with Crippen LogP contribution >= 0.6 is 24.0 Å². The lowest BCUT2D eigenvalue weighted by molar-refractivity contribution is 0.270. The maximum Gasteiger partial charge on any atom is 0.211 e. The van der Waals surface area contributed by atoms with Crippen LogP contribution in [-0.4, -0.2) is 62.6 Å². The Kier molecular flexibility index (Phi) is 9.79. The molecule has 1 rings (SSSR count). The number of rotatable bonds is 6. The molecule has 0 saturated carbocycles. The molecule has 1 fully saturated rings. The van der Waals surface area contributed by atoms with Crippen molar-refractivity contribution in [2.24, 2.45) is 16.6 Å². The van der Waals surface area contributed by atoms with Crippen LogP contribution in [0.25, 0.3) is 0 Å². The third-order valence-electron chi connectivity index (χ3n) is 3.64. The number of hydrogen-bond acceptors (Lipinski definition) is 3. The van der Waals surface area contributed by atoms with Gasteiger partial charge >= 0.3 is 0 Å². The molecule has 1 heterocycles. The summed E-state index contributed by atoms with van der Waals surface area (Å²) in [5.41, 5.74) is 5.99. The molecule has 6 nitrogen and oxygen atoms in total. The number of nitrogens with zero attached hydrogens (tertiary/aromatic N) is 3. The minimum Gasteiger partial charge on any atom is -0.370 e. The minimum atomic E-state index is -3.10. The molecule has 2 N–H and O–H groups in total. The second kappa shape index (κ2) is 9.83. The molecular weight excluding hydrogens is 403 g/mol. The predicted molar refractivity (Wildman–Crippen MR) is 98.6 cm³/mol. The third kappa shape index (κ3) is 7.64. The maximum absolute atomic E-state index is 11.4. The topological polar surface area (TPSA) is 79.0 Å². The number of likely N-dealkylation sites (tertiary alicyclic amines) is 1. The molecular formula is C13H29IN4O2S. The van der Waals surface area contributed by atoms with E-state index in [0.29, 0.717) is 37.9 Å². The number of guanidine groups is 1. The van der Waals surface area contributed by atoms with E-state index in [1.54, 1.807) is 0 Å². The van der Waals surface area contributed by atoms with Gasteiger partial charge in [0.2, 0.25) is 10.0 Å². The Balaban J connectivity index is 0.00000400. The van der Waals surface area contributed by atoms with Crippen molar-refractivity contribution in [3.8, 4) is 0 Å². The van der Waals surface area contributed by atoms with Gasteiger partial charge in [0.05, 0.1) is 6.26 Å². The van der Waals surface area contributed by atoms with E-state index in [0.717, 1.165) is 19.5 Å². The summed E-state index contributed by atoms with van der Waals surface area (Å²) < 4.78 is 24.3. The molecule has 126 valence electrons. The fraction of sp³-hybridized carbons (Fsp3) is 0.923. The van der Waals surface area contributed by atoms with Crippen LogP contribution < -0.4 is 5.73 Å². The fourth-order valence-corrected chi connectivity index (χ4v) is 3.43. The van der Waals surface area contributed by atoms with Crippen LogP contribution in [0, 0.1) is 5.92 Å². The largest absolute Gasteiger partial charge is 0.370 e. The maximum atomic E-state index is 11.4. The molecule has 0 aromatic carbocycles. The summed E-state index contributed by atoms with van der Waals surface area (Å²) in [5, 5.41) is 0. The van der Waals surface area contributed by atoms with Gasteiger partial charge in [-0.2, -0.15) is 0 Å². The van der Waals surface area contributed by atoms with E-state index < -0.39 is 10.0 Å². The van der Waals surface area contributed by atoms with Gasteiger partial charge in [0.1, 0.15) is 0 Å². The predicted octanol–water partition coefficient (Wildman–Crippen LogP) is 1.32. The Morgan fingerprint density at radius 1 is 1.48 bits per heavy atom. The van der Waals surface area contributed by atoms with Crippen molar-refractivity contribution in [1.29, 1.82) is 0 Å². The molecule has 1 saturated heterocycles. The van der Waals surface area contributed by atoms with Crippen molar-refractivity contribution in [3.63, 3.8) is 0 Å². The summed E-state index contributed by atoms with van der Waals surface area (Å²) >= 11 is 0. The number of hydrogen-bond donors (Lipinski definition) is 1. The summed E-state index contributed by atoms with van der Waals surface area (Å²) in [5.74, 6) is 1.26. The number of piperidine rings is 1. The van der Waals surface area contributed by atoms with E-state index in [1.807, 2.05) is 6.92 Å². The van der Waals surface area contributed by atoms with Crippen LogP contribution in [0.3, 0.4) is 0 Å². The molecule has 1 aliphatic heterocycles. The van der Waals surface area contributed by atoms with E-state index >= 15 is 0 Å². The summed E-state index contributed by atoms with van der Waals surface area (Å²) in [6.45, 7) is 7.59. The first kappa shape index (κ1) is 20.9. The second-order valence-electron chi connectivity index (χ2n) is 5.54. The average Bonchev–Trinajstić information content (AvgIpc) is 2.37. The monoisotopic (exact) mass is 432 g/mol. The second-order valence-corrected chi connectivity index (χ2v) is 7.52. The Labute approximate surface area is 146 Å². The molecule has 1 atom stereocenters. The van der Waals surface area contributed by atoms with Crippen LogP contribution in [0.15, 0.2) is 4.99 Å². The van der Waals surface area contributed by atoms with Gasteiger partial charge in [-0.05, 0) is 25.2 Å². The van der Waals surface area contributed by atoms with Crippen LogP contribution in [0.5, 0.6) is 0 Å². The van der Waals surface area contributed by atoms with Crippen molar-refractivity contribution in [3.05, 3.63) is 0 Å². The highest BCUT2D eigenvalue weighted by Gasteiger charge is 2.17. The Bertz CT molecular complexity index is 428. The molecule has 0 radical (unpaired) electrons. The van der Waals surface area contributed by atoms with Gasteiger partial charge < -0.3 is 10.6 Å². The lowest BCUT2D eigenvalue weighted by Gasteiger charge is -2.31. The number of sulfonamides is 1. The van der Waals surface area contributed by atoms with E-state index in [-0.39, 0.29) is 24.0 Å². The van der Waals surface area contributed by atoms with E-state index in [9.17, 15) is 8.42 Å². The highest BCUT2D eigenvalue weighted by Crippen LogP contribution is 2.14. The summed E-state index contributed by atoms with van der Waals surface area (Å²) in [4.78, 5) is 6.50. The van der Waals surface area contributed by atoms with Crippen LogP contribution in [-0.2, 0) is 10.0 Å². The summed E-state index contributed by atoms with van der Waals surface area (Å²) in [6, 6.07) is 0. The Morgan fingerprint density at radius 2 is 2.14 bits per heavy atom. The van der Waals surface area contributed by atoms with E-state index in [1.165, 1.54) is 17.0 Å². The zero-order chi connectivity index (χ0) is 15.2. The van der Waals surface area contributed by atoms with Crippen molar-refractivity contribution >= 4 is 40.0 Å². The van der Waals surface area contributed by atoms with Gasteiger partial charge in [-0.25, -0.2) is 12.7 Å². The van der Waals surface area contributed by atoms with E-state index in [2.05, 4.69) is 16.8 Å². The molecule has 0 aliphatic carbocycles. The molecule has 0 aromatic heterocycles. The average molecular weight is 432 g/mol. The van der Waals surface area contributed by atoms with Crippen molar-refractivity contribution in [2.45, 2.75) is 33.1 Å². The SMILES string of the molecule is CCN(CCCN=C(N)N1CCCC(C)C1)S(C)(=O)=O.I.